The summed E-state index contributed by atoms with van der Waals surface area (Å²) in [6.45, 7) is 1.42. The van der Waals surface area contributed by atoms with E-state index in [4.69, 9.17) is 9.47 Å². The van der Waals surface area contributed by atoms with Gasteiger partial charge in [-0.1, -0.05) is 28.1 Å². The molecule has 1 aromatic carbocycles. The summed E-state index contributed by atoms with van der Waals surface area (Å²) in [5.74, 6) is -1.91. The van der Waals surface area contributed by atoms with Gasteiger partial charge in [-0.05, 0) is 24.6 Å². The lowest BCUT2D eigenvalue weighted by Gasteiger charge is -2.09. The molecule has 0 amide bonds. The number of aliphatic hydroxyl groups excluding tert-OH is 1. The zero-order valence-corrected chi connectivity index (χ0v) is 12.4. The van der Waals surface area contributed by atoms with E-state index in [0.29, 0.717) is 5.56 Å². The highest BCUT2D eigenvalue weighted by atomic mass is 79.9. The Kier molecular flexibility index (Phi) is 3.94. The number of carbonyl (C=O) groups excluding carboxylic acids is 2. The average molecular weight is 339 g/mol. The van der Waals surface area contributed by atoms with E-state index in [-0.39, 0.29) is 22.7 Å². The van der Waals surface area contributed by atoms with Crippen LogP contribution in [-0.4, -0.2) is 24.2 Å². The SMILES string of the molecule is COC(=O)/C(=C1/OC(=O)C(C)=C1O)c1ccc(Br)cc1. The number of cyclic esters (lactones) is 1. The van der Waals surface area contributed by atoms with Crippen molar-refractivity contribution in [2.75, 3.05) is 7.11 Å². The maximum Gasteiger partial charge on any atom is 0.343 e. The molecule has 0 aromatic heterocycles. The fourth-order valence-electron chi connectivity index (χ4n) is 1.71. The van der Waals surface area contributed by atoms with Gasteiger partial charge in [0.1, 0.15) is 5.57 Å². The van der Waals surface area contributed by atoms with Crippen molar-refractivity contribution in [2.45, 2.75) is 6.92 Å². The Hall–Kier alpha value is -2.08. The number of esters is 2. The van der Waals surface area contributed by atoms with Gasteiger partial charge in [0.2, 0.25) is 0 Å². The van der Waals surface area contributed by atoms with E-state index in [1.807, 2.05) is 0 Å². The molecular formula is C14H11BrO5. The van der Waals surface area contributed by atoms with Crippen molar-refractivity contribution in [2.24, 2.45) is 0 Å². The van der Waals surface area contributed by atoms with Crippen molar-refractivity contribution in [1.29, 1.82) is 0 Å². The van der Waals surface area contributed by atoms with Crippen LogP contribution in [0.15, 0.2) is 45.8 Å². The van der Waals surface area contributed by atoms with Crippen molar-refractivity contribution in [3.05, 3.63) is 51.4 Å². The molecule has 1 N–H and O–H groups in total. The molecule has 0 spiro atoms. The van der Waals surface area contributed by atoms with Crippen LogP contribution >= 0.6 is 15.9 Å². The number of ether oxygens (including phenoxy) is 2. The number of halogens is 1. The smallest absolute Gasteiger partial charge is 0.343 e. The molecule has 0 fully saturated rings. The number of hydrogen-bond donors (Lipinski definition) is 1. The molecule has 1 aromatic rings. The van der Waals surface area contributed by atoms with E-state index >= 15 is 0 Å². The summed E-state index contributed by atoms with van der Waals surface area (Å²) < 4.78 is 10.5. The maximum atomic E-state index is 11.9. The maximum absolute atomic E-state index is 11.9. The zero-order valence-electron chi connectivity index (χ0n) is 10.8. The Morgan fingerprint density at radius 2 is 1.90 bits per heavy atom. The number of rotatable bonds is 2. The van der Waals surface area contributed by atoms with Crippen LogP contribution in [-0.2, 0) is 19.1 Å². The van der Waals surface area contributed by atoms with Crippen LogP contribution in [0.25, 0.3) is 5.57 Å². The lowest BCUT2D eigenvalue weighted by atomic mass is 10.0. The fourth-order valence-corrected chi connectivity index (χ4v) is 1.98. The van der Waals surface area contributed by atoms with Crippen molar-refractivity contribution in [3.63, 3.8) is 0 Å². The van der Waals surface area contributed by atoms with Gasteiger partial charge in [-0.3, -0.25) is 0 Å². The van der Waals surface area contributed by atoms with Crippen LogP contribution in [0.1, 0.15) is 12.5 Å². The molecule has 0 atom stereocenters. The molecule has 1 heterocycles. The predicted molar refractivity (Wildman–Crippen MR) is 74.5 cm³/mol. The summed E-state index contributed by atoms with van der Waals surface area (Å²) in [6.07, 6.45) is 0. The van der Waals surface area contributed by atoms with Crippen LogP contribution in [0.4, 0.5) is 0 Å². The van der Waals surface area contributed by atoms with Crippen molar-refractivity contribution >= 4 is 33.4 Å². The van der Waals surface area contributed by atoms with Gasteiger partial charge >= 0.3 is 11.9 Å². The van der Waals surface area contributed by atoms with Gasteiger partial charge in [0.05, 0.1) is 12.7 Å². The number of aliphatic hydroxyl groups is 1. The molecule has 5 nitrogen and oxygen atoms in total. The molecule has 0 saturated carbocycles. The van der Waals surface area contributed by atoms with Gasteiger partial charge in [0.25, 0.3) is 0 Å². The fraction of sp³-hybridized carbons (Fsp3) is 0.143. The molecule has 0 aliphatic carbocycles. The summed E-state index contributed by atoms with van der Waals surface area (Å²) in [4.78, 5) is 23.4. The van der Waals surface area contributed by atoms with E-state index < -0.39 is 11.9 Å². The van der Waals surface area contributed by atoms with E-state index in [2.05, 4.69) is 15.9 Å². The second-order valence-corrected chi connectivity index (χ2v) is 4.98. The summed E-state index contributed by atoms with van der Waals surface area (Å²) in [5.41, 5.74) is 0.533. The van der Waals surface area contributed by atoms with Gasteiger partial charge in [0, 0.05) is 4.47 Å². The second-order valence-electron chi connectivity index (χ2n) is 4.07. The predicted octanol–water partition coefficient (Wildman–Crippen LogP) is 2.72. The molecule has 2 rings (SSSR count). The van der Waals surface area contributed by atoms with E-state index in [9.17, 15) is 14.7 Å². The lowest BCUT2D eigenvalue weighted by molar-refractivity contribution is -0.134. The first-order valence-corrected chi connectivity index (χ1v) is 6.46. The Bertz CT molecular complexity index is 640. The Morgan fingerprint density at radius 1 is 1.30 bits per heavy atom. The minimum atomic E-state index is -0.698. The Balaban J connectivity index is 2.64. The Morgan fingerprint density at radius 3 is 2.35 bits per heavy atom. The summed E-state index contributed by atoms with van der Waals surface area (Å²) in [6, 6.07) is 6.75. The number of benzene rings is 1. The molecule has 20 heavy (non-hydrogen) atoms. The number of hydrogen-bond acceptors (Lipinski definition) is 5. The molecule has 104 valence electrons. The average Bonchev–Trinajstić information content (AvgIpc) is 2.69. The van der Waals surface area contributed by atoms with Crippen molar-refractivity contribution in [3.8, 4) is 0 Å². The third-order valence-corrected chi connectivity index (χ3v) is 3.35. The number of methoxy groups -OCH3 is 1. The highest BCUT2D eigenvalue weighted by Gasteiger charge is 2.32. The summed E-state index contributed by atoms with van der Waals surface area (Å²) in [7, 11) is 1.21. The molecule has 6 heteroatoms. The largest absolute Gasteiger partial charge is 0.504 e. The first kappa shape index (κ1) is 14.3. The normalized spacial score (nSPS) is 17.1. The van der Waals surface area contributed by atoms with E-state index in [1.165, 1.54) is 14.0 Å². The first-order valence-electron chi connectivity index (χ1n) is 5.66. The van der Waals surface area contributed by atoms with Gasteiger partial charge in [-0.2, -0.15) is 0 Å². The van der Waals surface area contributed by atoms with Crippen molar-refractivity contribution in [1.82, 2.24) is 0 Å². The van der Waals surface area contributed by atoms with Gasteiger partial charge in [-0.25, -0.2) is 9.59 Å². The summed E-state index contributed by atoms with van der Waals surface area (Å²) in [5, 5.41) is 9.92. The molecule has 0 saturated heterocycles. The van der Waals surface area contributed by atoms with Gasteiger partial charge in [-0.15, -0.1) is 0 Å². The van der Waals surface area contributed by atoms with Crippen LogP contribution < -0.4 is 0 Å². The standard InChI is InChI=1S/C14H11BrO5/c1-7-11(16)12(20-13(7)17)10(14(18)19-2)8-3-5-9(15)6-4-8/h3-6,16H,1-2H3/b12-10+. The monoisotopic (exact) mass is 338 g/mol. The zero-order chi connectivity index (χ0) is 14.9. The highest BCUT2D eigenvalue weighted by molar-refractivity contribution is 9.10. The van der Waals surface area contributed by atoms with E-state index in [1.54, 1.807) is 24.3 Å². The minimum Gasteiger partial charge on any atom is -0.504 e. The Labute approximate surface area is 123 Å². The van der Waals surface area contributed by atoms with Gasteiger partial charge < -0.3 is 14.6 Å². The molecule has 1 aliphatic rings. The first-order chi connectivity index (χ1) is 9.45. The van der Waals surface area contributed by atoms with Crippen LogP contribution in [0.2, 0.25) is 0 Å². The second kappa shape index (κ2) is 5.50. The number of carbonyl (C=O) groups is 2. The topological polar surface area (TPSA) is 72.8 Å². The van der Waals surface area contributed by atoms with Crippen molar-refractivity contribution < 1.29 is 24.2 Å². The molecule has 0 bridgehead atoms. The minimum absolute atomic E-state index is 0.00250. The van der Waals surface area contributed by atoms with Crippen LogP contribution in [0, 0.1) is 0 Å². The third-order valence-electron chi connectivity index (χ3n) is 2.82. The van der Waals surface area contributed by atoms with E-state index in [0.717, 1.165) is 4.47 Å². The highest BCUT2D eigenvalue weighted by Crippen LogP contribution is 2.32. The van der Waals surface area contributed by atoms with Crippen LogP contribution in [0.3, 0.4) is 0 Å². The molecular weight excluding hydrogens is 328 g/mol. The quantitative estimate of drug-likeness (QED) is 0.663. The summed E-state index contributed by atoms with van der Waals surface area (Å²) >= 11 is 3.29. The van der Waals surface area contributed by atoms with Crippen LogP contribution in [0.5, 0.6) is 0 Å². The lowest BCUT2D eigenvalue weighted by Crippen LogP contribution is -2.09. The molecule has 0 radical (unpaired) electrons. The molecule has 1 aliphatic heterocycles. The molecule has 0 unspecified atom stereocenters. The third kappa shape index (κ3) is 2.46. The van der Waals surface area contributed by atoms with Gasteiger partial charge in [0.15, 0.2) is 11.5 Å².